The second-order valence-corrected chi connectivity index (χ2v) is 4.26. The monoisotopic (exact) mass is 219 g/mol. The van der Waals surface area contributed by atoms with Gasteiger partial charge >= 0.3 is 5.97 Å². The minimum Gasteiger partial charge on any atom is -0.478 e. The third-order valence-electron chi connectivity index (χ3n) is 3.23. The van der Waals surface area contributed by atoms with Crippen LogP contribution in [0.4, 0.5) is 0 Å². The second kappa shape index (κ2) is 4.66. The highest BCUT2D eigenvalue weighted by molar-refractivity contribution is 5.88. The van der Waals surface area contributed by atoms with Crippen molar-refractivity contribution in [1.29, 1.82) is 0 Å². The number of benzene rings is 1. The Bertz CT molecular complexity index is 401. The largest absolute Gasteiger partial charge is 0.478 e. The third kappa shape index (κ3) is 2.09. The zero-order valence-electron chi connectivity index (χ0n) is 9.49. The molecule has 0 radical (unpaired) electrons. The van der Waals surface area contributed by atoms with Crippen molar-refractivity contribution in [2.75, 3.05) is 13.1 Å². The van der Waals surface area contributed by atoms with Gasteiger partial charge in [-0.2, -0.15) is 0 Å². The van der Waals surface area contributed by atoms with Crippen LogP contribution in [-0.4, -0.2) is 24.2 Å². The first-order chi connectivity index (χ1) is 7.72. The van der Waals surface area contributed by atoms with Crippen molar-refractivity contribution < 1.29 is 9.90 Å². The Morgan fingerprint density at radius 1 is 1.56 bits per heavy atom. The maximum atomic E-state index is 10.8. The zero-order valence-corrected chi connectivity index (χ0v) is 9.49. The van der Waals surface area contributed by atoms with Crippen molar-refractivity contribution in [3.63, 3.8) is 0 Å². The summed E-state index contributed by atoms with van der Waals surface area (Å²) in [5.74, 6) is -0.282. The molecular weight excluding hydrogens is 202 g/mol. The summed E-state index contributed by atoms with van der Waals surface area (Å²) in [6.07, 6.45) is 2.14. The van der Waals surface area contributed by atoms with E-state index in [2.05, 4.69) is 12.2 Å². The van der Waals surface area contributed by atoms with Crippen LogP contribution in [0.1, 0.15) is 40.7 Å². The van der Waals surface area contributed by atoms with Gasteiger partial charge in [-0.25, -0.2) is 4.79 Å². The van der Waals surface area contributed by atoms with Gasteiger partial charge in [0.1, 0.15) is 0 Å². The quantitative estimate of drug-likeness (QED) is 0.814. The van der Waals surface area contributed by atoms with E-state index in [1.165, 1.54) is 11.1 Å². The lowest BCUT2D eigenvalue weighted by atomic mass is 10.00. The topological polar surface area (TPSA) is 49.3 Å². The minimum absolute atomic E-state index is 0.405. The molecular formula is C13H17NO2. The Kier molecular flexibility index (Phi) is 3.25. The van der Waals surface area contributed by atoms with Crippen LogP contribution in [0, 0.1) is 0 Å². The van der Waals surface area contributed by atoms with Crippen LogP contribution < -0.4 is 5.32 Å². The van der Waals surface area contributed by atoms with Crippen LogP contribution in [0.25, 0.3) is 0 Å². The summed E-state index contributed by atoms with van der Waals surface area (Å²) in [4.78, 5) is 10.8. The standard InChI is InChI=1S/C13H17NO2/c1-2-14-8-11-4-3-9-7-10(13(15)16)5-6-12(9)11/h5-7,11,14H,2-4,8H2,1H3,(H,15,16). The second-order valence-electron chi connectivity index (χ2n) is 4.26. The Morgan fingerprint density at radius 2 is 2.38 bits per heavy atom. The fourth-order valence-corrected chi connectivity index (χ4v) is 2.37. The fraction of sp³-hybridized carbons (Fsp3) is 0.462. The first-order valence-corrected chi connectivity index (χ1v) is 5.79. The van der Waals surface area contributed by atoms with Gasteiger partial charge in [0.25, 0.3) is 0 Å². The van der Waals surface area contributed by atoms with Crippen LogP contribution >= 0.6 is 0 Å². The van der Waals surface area contributed by atoms with Crippen molar-refractivity contribution in [3.05, 3.63) is 34.9 Å². The lowest BCUT2D eigenvalue weighted by Crippen LogP contribution is -2.19. The predicted octanol–water partition coefficient (Wildman–Crippen LogP) is 2.02. The minimum atomic E-state index is -0.835. The molecule has 0 saturated carbocycles. The first kappa shape index (κ1) is 11.1. The highest BCUT2D eigenvalue weighted by Crippen LogP contribution is 2.33. The van der Waals surface area contributed by atoms with Crippen molar-refractivity contribution in [3.8, 4) is 0 Å². The number of aryl methyl sites for hydroxylation is 1. The summed E-state index contributed by atoms with van der Waals surface area (Å²) in [6.45, 7) is 4.08. The molecule has 2 rings (SSSR count). The van der Waals surface area contributed by atoms with Crippen molar-refractivity contribution in [2.24, 2.45) is 0 Å². The molecule has 1 aromatic rings. The normalized spacial score (nSPS) is 18.4. The van der Waals surface area contributed by atoms with Gasteiger partial charge in [-0.15, -0.1) is 0 Å². The number of aromatic carboxylic acids is 1. The molecule has 1 aliphatic rings. The molecule has 0 aromatic heterocycles. The number of rotatable bonds is 4. The summed E-state index contributed by atoms with van der Waals surface area (Å²) in [7, 11) is 0. The number of carboxylic acid groups (broad SMARTS) is 1. The molecule has 0 fully saturated rings. The number of carbonyl (C=O) groups is 1. The van der Waals surface area contributed by atoms with Crippen LogP contribution in [-0.2, 0) is 6.42 Å². The van der Waals surface area contributed by atoms with E-state index in [9.17, 15) is 4.79 Å². The number of carboxylic acids is 1. The highest BCUT2D eigenvalue weighted by Gasteiger charge is 2.22. The van der Waals surface area contributed by atoms with E-state index in [1.54, 1.807) is 6.07 Å². The number of nitrogens with one attached hydrogen (secondary N) is 1. The third-order valence-corrected chi connectivity index (χ3v) is 3.23. The van der Waals surface area contributed by atoms with Crippen molar-refractivity contribution in [1.82, 2.24) is 5.32 Å². The highest BCUT2D eigenvalue weighted by atomic mass is 16.4. The van der Waals surface area contributed by atoms with E-state index in [0.717, 1.165) is 25.9 Å². The number of hydrogen-bond acceptors (Lipinski definition) is 2. The number of hydrogen-bond donors (Lipinski definition) is 2. The van der Waals surface area contributed by atoms with Crippen LogP contribution in [0.3, 0.4) is 0 Å². The summed E-state index contributed by atoms with van der Waals surface area (Å²) < 4.78 is 0. The van der Waals surface area contributed by atoms with E-state index in [1.807, 2.05) is 12.1 Å². The summed E-state index contributed by atoms with van der Waals surface area (Å²) in [5.41, 5.74) is 2.94. The van der Waals surface area contributed by atoms with Crippen LogP contribution in [0.2, 0.25) is 0 Å². The molecule has 0 amide bonds. The molecule has 0 saturated heterocycles. The predicted molar refractivity (Wildman–Crippen MR) is 63.0 cm³/mol. The van der Waals surface area contributed by atoms with E-state index in [4.69, 9.17) is 5.11 Å². The molecule has 1 atom stereocenters. The number of likely N-dealkylation sites (N-methyl/N-ethyl adjacent to an activating group) is 1. The maximum absolute atomic E-state index is 10.8. The molecule has 1 aliphatic carbocycles. The molecule has 2 N–H and O–H groups in total. The van der Waals surface area contributed by atoms with Gasteiger partial charge in [-0.05, 0) is 48.6 Å². The van der Waals surface area contributed by atoms with E-state index < -0.39 is 5.97 Å². The molecule has 3 nitrogen and oxygen atoms in total. The number of fused-ring (bicyclic) bond motifs is 1. The van der Waals surface area contributed by atoms with Gasteiger partial charge in [-0.1, -0.05) is 13.0 Å². The van der Waals surface area contributed by atoms with Crippen LogP contribution in [0.15, 0.2) is 18.2 Å². The molecule has 0 aliphatic heterocycles. The molecule has 86 valence electrons. The van der Waals surface area contributed by atoms with Gasteiger partial charge in [0.15, 0.2) is 0 Å². The summed E-state index contributed by atoms with van der Waals surface area (Å²) in [5, 5.41) is 12.3. The van der Waals surface area contributed by atoms with E-state index in [0.29, 0.717) is 11.5 Å². The average molecular weight is 219 g/mol. The molecule has 1 aromatic carbocycles. The van der Waals surface area contributed by atoms with Crippen molar-refractivity contribution in [2.45, 2.75) is 25.7 Å². The van der Waals surface area contributed by atoms with Gasteiger partial charge in [0.05, 0.1) is 5.56 Å². The SMILES string of the molecule is CCNCC1CCc2cc(C(=O)O)ccc21. The zero-order chi connectivity index (χ0) is 11.5. The first-order valence-electron chi connectivity index (χ1n) is 5.79. The smallest absolute Gasteiger partial charge is 0.335 e. The van der Waals surface area contributed by atoms with Crippen LogP contribution in [0.5, 0.6) is 0 Å². The molecule has 0 spiro atoms. The van der Waals surface area contributed by atoms with Gasteiger partial charge in [0.2, 0.25) is 0 Å². The maximum Gasteiger partial charge on any atom is 0.335 e. The average Bonchev–Trinajstić information content (AvgIpc) is 2.68. The Morgan fingerprint density at radius 3 is 3.06 bits per heavy atom. The summed E-state index contributed by atoms with van der Waals surface area (Å²) >= 11 is 0. The fourth-order valence-electron chi connectivity index (χ4n) is 2.37. The lowest BCUT2D eigenvalue weighted by Gasteiger charge is -2.11. The molecule has 1 unspecified atom stereocenters. The molecule has 0 bridgehead atoms. The molecule has 16 heavy (non-hydrogen) atoms. The van der Waals surface area contributed by atoms with E-state index in [-0.39, 0.29) is 0 Å². The Hall–Kier alpha value is -1.35. The van der Waals surface area contributed by atoms with Gasteiger partial charge < -0.3 is 10.4 Å². The van der Waals surface area contributed by atoms with Crippen molar-refractivity contribution >= 4 is 5.97 Å². The van der Waals surface area contributed by atoms with Gasteiger partial charge in [-0.3, -0.25) is 0 Å². The van der Waals surface area contributed by atoms with E-state index >= 15 is 0 Å². The molecule has 3 heteroatoms. The Balaban J connectivity index is 2.18. The lowest BCUT2D eigenvalue weighted by molar-refractivity contribution is 0.0697. The summed E-state index contributed by atoms with van der Waals surface area (Å²) in [6, 6.07) is 5.52. The van der Waals surface area contributed by atoms with Gasteiger partial charge in [0, 0.05) is 6.54 Å². The molecule has 0 heterocycles. The Labute approximate surface area is 95.5 Å².